The highest BCUT2D eigenvalue weighted by molar-refractivity contribution is 14.1. The summed E-state index contributed by atoms with van der Waals surface area (Å²) in [5.74, 6) is -0.871. The van der Waals surface area contributed by atoms with Crippen LogP contribution in [0.15, 0.2) is 0 Å². The Morgan fingerprint density at radius 1 is 1.60 bits per heavy atom. The Labute approximate surface area is 101 Å². The summed E-state index contributed by atoms with van der Waals surface area (Å²) in [6.07, 6.45) is -1.53. The van der Waals surface area contributed by atoms with Gasteiger partial charge in [0, 0.05) is 18.9 Å². The van der Waals surface area contributed by atoms with Gasteiger partial charge < -0.3 is 19.7 Å². The van der Waals surface area contributed by atoms with Crippen molar-refractivity contribution in [3.63, 3.8) is 0 Å². The highest BCUT2D eigenvalue weighted by atomic mass is 127. The van der Waals surface area contributed by atoms with Gasteiger partial charge in [-0.25, -0.2) is 0 Å². The first-order chi connectivity index (χ1) is 7.00. The Morgan fingerprint density at radius 2 is 2.27 bits per heavy atom. The number of hydrogen-bond acceptors (Lipinski definition) is 5. The number of halogens is 1. The van der Waals surface area contributed by atoms with Gasteiger partial charge in [-0.1, -0.05) is 0 Å². The van der Waals surface area contributed by atoms with E-state index < -0.39 is 15.8 Å². The van der Waals surface area contributed by atoms with Crippen LogP contribution in [0.4, 0.5) is 0 Å². The van der Waals surface area contributed by atoms with Crippen LogP contribution in [0.1, 0.15) is 6.42 Å². The van der Waals surface area contributed by atoms with Crippen molar-refractivity contribution in [3.8, 4) is 0 Å². The topological polar surface area (TPSA) is 76.0 Å². The van der Waals surface area contributed by atoms with E-state index in [9.17, 15) is 15.0 Å². The van der Waals surface area contributed by atoms with E-state index >= 15 is 0 Å². The van der Waals surface area contributed by atoms with E-state index in [1.165, 1.54) is 7.11 Å². The third-order valence-electron chi connectivity index (χ3n) is 3.20. The van der Waals surface area contributed by atoms with E-state index in [0.717, 1.165) is 0 Å². The SMILES string of the molecule is COC[C@H]1[C@H]2CC(=O)O[C@@](I)([C@@H]1O)[C@H]2O. The van der Waals surface area contributed by atoms with Crippen LogP contribution in [0.2, 0.25) is 0 Å². The van der Waals surface area contributed by atoms with Crippen molar-refractivity contribution in [2.45, 2.75) is 22.2 Å². The molecule has 0 aromatic rings. The molecule has 1 heterocycles. The van der Waals surface area contributed by atoms with E-state index in [0.29, 0.717) is 6.61 Å². The Balaban J connectivity index is 2.29. The number of ether oxygens (including phenoxy) is 2. The second-order valence-electron chi connectivity index (χ2n) is 4.05. The number of rotatable bonds is 2. The largest absolute Gasteiger partial charge is 0.443 e. The molecular formula is C9H13IO5. The predicted molar refractivity (Wildman–Crippen MR) is 58.3 cm³/mol. The van der Waals surface area contributed by atoms with Gasteiger partial charge in [0.15, 0.2) is 0 Å². The summed E-state index contributed by atoms with van der Waals surface area (Å²) in [5, 5.41) is 20.0. The molecule has 1 saturated carbocycles. The molecule has 0 spiro atoms. The third kappa shape index (κ3) is 1.58. The van der Waals surface area contributed by atoms with Crippen molar-refractivity contribution in [1.29, 1.82) is 0 Å². The average molecular weight is 328 g/mol. The lowest BCUT2D eigenvalue weighted by Gasteiger charge is -2.33. The van der Waals surface area contributed by atoms with Gasteiger partial charge in [-0.15, -0.1) is 0 Å². The molecule has 0 amide bonds. The van der Waals surface area contributed by atoms with Gasteiger partial charge in [-0.3, -0.25) is 4.79 Å². The van der Waals surface area contributed by atoms with Gasteiger partial charge in [0.2, 0.25) is 3.61 Å². The lowest BCUT2D eigenvalue weighted by molar-refractivity contribution is -0.171. The smallest absolute Gasteiger partial charge is 0.307 e. The zero-order valence-corrected chi connectivity index (χ0v) is 10.4. The number of aliphatic hydroxyl groups excluding tert-OH is 2. The number of alkyl halides is 1. The lowest BCUT2D eigenvalue weighted by atomic mass is 9.91. The summed E-state index contributed by atoms with van der Waals surface area (Å²) in [4.78, 5) is 11.3. The summed E-state index contributed by atoms with van der Waals surface area (Å²) >= 11 is 1.82. The Hall–Kier alpha value is 0.0800. The molecule has 2 N–H and O–H groups in total. The molecule has 0 radical (unpaired) electrons. The highest BCUT2D eigenvalue weighted by Gasteiger charge is 2.64. The molecule has 6 heteroatoms. The summed E-state index contributed by atoms with van der Waals surface area (Å²) in [6.45, 7) is 0.324. The molecule has 0 aromatic carbocycles. The number of fused-ring (bicyclic) bond motifs is 2. The van der Waals surface area contributed by atoms with Crippen LogP contribution in [0.5, 0.6) is 0 Å². The van der Waals surface area contributed by atoms with Crippen molar-refractivity contribution >= 4 is 28.6 Å². The monoisotopic (exact) mass is 328 g/mol. The normalized spacial score (nSPS) is 49.2. The predicted octanol–water partition coefficient (Wildman–Crippen LogP) is -0.321. The Bertz CT molecular complexity index is 284. The molecule has 1 aliphatic carbocycles. The first-order valence-corrected chi connectivity index (χ1v) is 5.84. The Morgan fingerprint density at radius 3 is 2.87 bits per heavy atom. The van der Waals surface area contributed by atoms with Crippen LogP contribution in [0.25, 0.3) is 0 Å². The molecule has 5 atom stereocenters. The van der Waals surface area contributed by atoms with Gasteiger partial charge in [-0.2, -0.15) is 0 Å². The van der Waals surface area contributed by atoms with Crippen LogP contribution in [-0.2, 0) is 14.3 Å². The van der Waals surface area contributed by atoms with Gasteiger partial charge >= 0.3 is 5.97 Å². The molecule has 2 fully saturated rings. The zero-order valence-electron chi connectivity index (χ0n) is 8.22. The summed E-state index contributed by atoms with van der Waals surface area (Å²) in [7, 11) is 1.53. The maximum absolute atomic E-state index is 11.3. The van der Waals surface area contributed by atoms with Gasteiger partial charge in [0.25, 0.3) is 0 Å². The first-order valence-electron chi connectivity index (χ1n) is 4.76. The van der Waals surface area contributed by atoms with Crippen LogP contribution in [0.3, 0.4) is 0 Å². The van der Waals surface area contributed by atoms with Crippen LogP contribution in [-0.4, -0.2) is 45.7 Å². The van der Waals surface area contributed by atoms with E-state index in [-0.39, 0.29) is 24.2 Å². The summed E-state index contributed by atoms with van der Waals surface area (Å²) in [5.41, 5.74) is 0. The van der Waals surface area contributed by atoms with Crippen molar-refractivity contribution in [1.82, 2.24) is 0 Å². The molecule has 2 bridgehead atoms. The average Bonchev–Trinajstić information content (AvgIpc) is 2.31. The second kappa shape index (κ2) is 3.83. The zero-order chi connectivity index (χ0) is 11.2. The number of carbonyl (C=O) groups excluding carboxylic acids is 1. The first kappa shape index (κ1) is 11.6. The molecule has 5 nitrogen and oxygen atoms in total. The molecule has 2 rings (SSSR count). The van der Waals surface area contributed by atoms with Crippen molar-refractivity contribution in [3.05, 3.63) is 0 Å². The van der Waals surface area contributed by atoms with E-state index in [2.05, 4.69) is 0 Å². The summed E-state index contributed by atoms with van der Waals surface area (Å²) < 4.78 is 8.86. The van der Waals surface area contributed by atoms with E-state index in [1.54, 1.807) is 0 Å². The second-order valence-corrected chi connectivity index (χ2v) is 5.73. The minimum atomic E-state index is -1.19. The number of carbonyl (C=O) groups is 1. The maximum atomic E-state index is 11.3. The van der Waals surface area contributed by atoms with Gasteiger partial charge in [0.05, 0.1) is 13.0 Å². The number of esters is 1. The Kier molecular flexibility index (Phi) is 2.95. The van der Waals surface area contributed by atoms with Crippen LogP contribution >= 0.6 is 22.6 Å². The molecule has 86 valence electrons. The lowest BCUT2D eigenvalue weighted by Crippen LogP contribution is -2.48. The molecule has 1 saturated heterocycles. The highest BCUT2D eigenvalue weighted by Crippen LogP contribution is 2.51. The third-order valence-corrected chi connectivity index (χ3v) is 4.70. The maximum Gasteiger partial charge on any atom is 0.307 e. The quantitative estimate of drug-likeness (QED) is 0.413. The molecular weight excluding hydrogens is 315 g/mol. The standard InChI is InChI=1S/C9H13IO5/c1-14-3-5-4-2-6(11)15-9(10,7(4)12)8(5)13/h4-5,7-8,12-13H,2-3H2,1H3/t4-,5+,7+,8-,9-/m1/s1. The van der Waals surface area contributed by atoms with E-state index in [4.69, 9.17) is 9.47 Å². The van der Waals surface area contributed by atoms with Crippen molar-refractivity contribution in [2.24, 2.45) is 11.8 Å². The summed E-state index contributed by atoms with van der Waals surface area (Å²) in [6, 6.07) is 0. The fourth-order valence-electron chi connectivity index (χ4n) is 2.43. The molecule has 1 aliphatic heterocycles. The number of methoxy groups -OCH3 is 1. The molecule has 15 heavy (non-hydrogen) atoms. The van der Waals surface area contributed by atoms with Crippen LogP contribution in [0, 0.1) is 11.8 Å². The van der Waals surface area contributed by atoms with Gasteiger partial charge in [-0.05, 0) is 22.6 Å². The minimum Gasteiger partial charge on any atom is -0.443 e. The minimum absolute atomic E-state index is 0.150. The number of aliphatic hydroxyl groups is 2. The fraction of sp³-hybridized carbons (Fsp3) is 0.889. The molecule has 0 aromatic heterocycles. The van der Waals surface area contributed by atoms with Crippen molar-refractivity contribution in [2.75, 3.05) is 13.7 Å². The fourth-order valence-corrected chi connectivity index (χ4v) is 3.60. The van der Waals surface area contributed by atoms with Crippen LogP contribution < -0.4 is 0 Å². The van der Waals surface area contributed by atoms with Gasteiger partial charge in [0.1, 0.15) is 12.2 Å². The van der Waals surface area contributed by atoms with E-state index in [1.807, 2.05) is 22.6 Å². The molecule has 0 unspecified atom stereocenters. The van der Waals surface area contributed by atoms with Crippen molar-refractivity contribution < 1.29 is 24.5 Å². The molecule has 2 aliphatic rings. The number of hydrogen-bond donors (Lipinski definition) is 2.